The van der Waals surface area contributed by atoms with Crippen molar-refractivity contribution in [2.75, 3.05) is 9.80 Å². The molecule has 9 aromatic rings. The van der Waals surface area contributed by atoms with Crippen LogP contribution in [0.15, 0.2) is 199 Å². The molecule has 280 valence electrons. The van der Waals surface area contributed by atoms with Gasteiger partial charge in [0.15, 0.2) is 5.43 Å². The Morgan fingerprint density at radius 3 is 0.879 bits per heavy atom. The molecule has 0 aliphatic heterocycles. The van der Waals surface area contributed by atoms with Crippen molar-refractivity contribution in [3.8, 4) is 22.3 Å². The highest BCUT2D eigenvalue weighted by molar-refractivity contribution is 5.98. The average Bonchev–Trinajstić information content (AvgIpc) is 3.38. The van der Waals surface area contributed by atoms with E-state index in [2.05, 4.69) is 207 Å². The molecule has 0 aromatic heterocycles. The van der Waals surface area contributed by atoms with Crippen molar-refractivity contribution in [1.29, 1.82) is 0 Å². The Bertz CT molecular complexity index is 2670. The molecule has 0 aliphatic carbocycles. The molecule has 0 saturated heterocycles. The van der Waals surface area contributed by atoms with E-state index in [0.29, 0.717) is 10.8 Å². The molecule has 3 nitrogen and oxygen atoms in total. The van der Waals surface area contributed by atoms with E-state index in [1.165, 1.54) is 0 Å². The highest BCUT2D eigenvalue weighted by Crippen LogP contribution is 2.41. The molecule has 0 N–H and O–H groups in total. The monoisotopic (exact) mass is 748 g/mol. The number of aryl methyl sites for hydroxylation is 4. The van der Waals surface area contributed by atoms with Crippen LogP contribution < -0.4 is 15.2 Å². The summed E-state index contributed by atoms with van der Waals surface area (Å²) in [6.45, 7) is 8.68. The summed E-state index contributed by atoms with van der Waals surface area (Å²) in [6.07, 6.45) is 0. The highest BCUT2D eigenvalue weighted by Gasteiger charge is 2.18. The predicted molar refractivity (Wildman–Crippen MR) is 247 cm³/mol. The molecule has 0 fully saturated rings. The first-order valence-electron chi connectivity index (χ1n) is 19.9. The second kappa shape index (κ2) is 15.4. The van der Waals surface area contributed by atoms with Gasteiger partial charge in [0.2, 0.25) is 0 Å². The zero-order valence-electron chi connectivity index (χ0n) is 33.3. The van der Waals surface area contributed by atoms with Crippen LogP contribution in [0.1, 0.15) is 22.3 Å². The molecule has 0 heterocycles. The Morgan fingerprint density at radius 1 is 0.310 bits per heavy atom. The molecule has 3 heteroatoms. The minimum atomic E-state index is 0.0382. The van der Waals surface area contributed by atoms with Crippen molar-refractivity contribution < 1.29 is 0 Å². The largest absolute Gasteiger partial charge is 0.310 e. The lowest BCUT2D eigenvalue weighted by molar-refractivity contribution is 1.25. The number of para-hydroxylation sites is 4. The Morgan fingerprint density at radius 2 is 0.586 bits per heavy atom. The topological polar surface area (TPSA) is 23.6 Å². The summed E-state index contributed by atoms with van der Waals surface area (Å²) in [7, 11) is 0. The second-order valence-electron chi connectivity index (χ2n) is 15.2. The van der Waals surface area contributed by atoms with Gasteiger partial charge in [0.05, 0.1) is 0 Å². The summed E-state index contributed by atoms with van der Waals surface area (Å²) in [4.78, 5) is 19.3. The maximum Gasteiger partial charge on any atom is 0.194 e. The Balaban J connectivity index is 1.13. The summed E-state index contributed by atoms with van der Waals surface area (Å²) >= 11 is 0. The molecule has 0 bridgehead atoms. The first-order chi connectivity index (χ1) is 28.3. The number of hydrogen-bond acceptors (Lipinski definition) is 3. The van der Waals surface area contributed by atoms with E-state index in [4.69, 9.17) is 0 Å². The Labute approximate surface area is 340 Å². The molecule has 9 rings (SSSR count). The quantitative estimate of drug-likeness (QED) is 0.155. The first-order valence-corrected chi connectivity index (χ1v) is 19.9. The number of hydrogen-bond donors (Lipinski definition) is 0. The van der Waals surface area contributed by atoms with Gasteiger partial charge in [-0.05, 0) is 168 Å². The van der Waals surface area contributed by atoms with Crippen molar-refractivity contribution in [1.82, 2.24) is 0 Å². The van der Waals surface area contributed by atoms with Crippen LogP contribution in [0.25, 0.3) is 43.8 Å². The SMILES string of the molecule is Cc1cc(N(c2ccccc2)c2ccccc2)cc(C)c1-c1ccc2ccc3ccc(-c4c(C)cc(N(c5ccccc5)c5ccccc5)cc4C)cc3c(=O)c2c1. The van der Waals surface area contributed by atoms with E-state index in [9.17, 15) is 4.79 Å². The molecule has 0 aliphatic rings. The third kappa shape index (κ3) is 6.82. The van der Waals surface area contributed by atoms with Crippen LogP contribution in [0.3, 0.4) is 0 Å². The van der Waals surface area contributed by atoms with Crippen LogP contribution in [-0.4, -0.2) is 0 Å². The standard InChI is InChI=1S/C55H44N2O/c1-37-31-49(56(45-17-9-5-10-18-45)46-19-11-6-12-20-46)32-38(2)53(37)43-29-27-41-25-26-42-28-30-44(36-52(42)55(58)51(41)35-43)54-39(3)33-50(34-40(54)4)57(47-21-13-7-14-22-47)48-23-15-8-16-24-48/h5-36H,1-4H3. The maximum absolute atomic E-state index is 14.7. The van der Waals surface area contributed by atoms with Gasteiger partial charge in [-0.3, -0.25) is 4.79 Å². The van der Waals surface area contributed by atoms with E-state index < -0.39 is 0 Å². The van der Waals surface area contributed by atoms with Crippen molar-refractivity contribution in [2.45, 2.75) is 27.7 Å². The number of fused-ring (bicyclic) bond motifs is 2. The van der Waals surface area contributed by atoms with Gasteiger partial charge in [0.1, 0.15) is 0 Å². The van der Waals surface area contributed by atoms with Gasteiger partial charge in [-0.15, -0.1) is 0 Å². The molecule has 0 saturated carbocycles. The van der Waals surface area contributed by atoms with Crippen LogP contribution in [0.2, 0.25) is 0 Å². The molecule has 0 spiro atoms. The van der Waals surface area contributed by atoms with Crippen molar-refractivity contribution in [3.63, 3.8) is 0 Å². The molecular formula is C55H44N2O. The third-order valence-electron chi connectivity index (χ3n) is 11.2. The van der Waals surface area contributed by atoms with E-state index in [-0.39, 0.29) is 5.43 Å². The molecule has 0 unspecified atom stereocenters. The van der Waals surface area contributed by atoms with Crippen LogP contribution in [0.5, 0.6) is 0 Å². The van der Waals surface area contributed by atoms with E-state index >= 15 is 0 Å². The summed E-state index contributed by atoms with van der Waals surface area (Å²) in [5.74, 6) is 0. The van der Waals surface area contributed by atoms with Gasteiger partial charge in [0, 0.05) is 44.9 Å². The zero-order chi connectivity index (χ0) is 39.8. The molecular weight excluding hydrogens is 705 g/mol. The lowest BCUT2D eigenvalue weighted by Gasteiger charge is -2.27. The maximum atomic E-state index is 14.7. The van der Waals surface area contributed by atoms with Crippen molar-refractivity contribution in [3.05, 3.63) is 227 Å². The van der Waals surface area contributed by atoms with Crippen molar-refractivity contribution >= 4 is 55.7 Å². The minimum Gasteiger partial charge on any atom is -0.310 e. The Kier molecular flexibility index (Phi) is 9.65. The molecule has 58 heavy (non-hydrogen) atoms. The van der Waals surface area contributed by atoms with Gasteiger partial charge < -0.3 is 9.80 Å². The van der Waals surface area contributed by atoms with Crippen LogP contribution in [0, 0.1) is 27.7 Å². The highest BCUT2D eigenvalue weighted by atomic mass is 16.1. The van der Waals surface area contributed by atoms with Gasteiger partial charge in [-0.2, -0.15) is 0 Å². The number of rotatable bonds is 8. The number of anilines is 6. The van der Waals surface area contributed by atoms with Crippen LogP contribution in [-0.2, 0) is 0 Å². The van der Waals surface area contributed by atoms with Gasteiger partial charge in [-0.25, -0.2) is 0 Å². The van der Waals surface area contributed by atoms with E-state index in [1.807, 2.05) is 24.3 Å². The fourth-order valence-corrected chi connectivity index (χ4v) is 8.69. The molecule has 0 atom stereocenters. The lowest BCUT2D eigenvalue weighted by atomic mass is 9.92. The predicted octanol–water partition coefficient (Wildman–Crippen LogP) is 14.9. The summed E-state index contributed by atoms with van der Waals surface area (Å²) < 4.78 is 0. The number of nitrogens with zero attached hydrogens (tertiary/aromatic N) is 2. The number of benzene rings is 8. The normalized spacial score (nSPS) is 11.2. The lowest BCUT2D eigenvalue weighted by Crippen LogP contribution is -2.10. The Hall–Kier alpha value is -7.23. The second-order valence-corrected chi connectivity index (χ2v) is 15.2. The molecule has 0 amide bonds. The zero-order valence-corrected chi connectivity index (χ0v) is 33.3. The van der Waals surface area contributed by atoms with Crippen LogP contribution in [0.4, 0.5) is 34.1 Å². The average molecular weight is 749 g/mol. The summed E-state index contributed by atoms with van der Waals surface area (Å²) in [6, 6.07) is 67.8. The first kappa shape index (κ1) is 36.4. The fourth-order valence-electron chi connectivity index (χ4n) is 8.69. The molecule has 0 radical (unpaired) electrons. The smallest absolute Gasteiger partial charge is 0.194 e. The van der Waals surface area contributed by atoms with Gasteiger partial charge in [0.25, 0.3) is 0 Å². The fraction of sp³-hybridized carbons (Fsp3) is 0.0727. The minimum absolute atomic E-state index is 0.0382. The summed E-state index contributed by atoms with van der Waals surface area (Å²) in [5.41, 5.74) is 15.6. The van der Waals surface area contributed by atoms with Crippen LogP contribution >= 0.6 is 0 Å². The van der Waals surface area contributed by atoms with E-state index in [0.717, 1.165) is 89.4 Å². The van der Waals surface area contributed by atoms with E-state index in [1.54, 1.807) is 0 Å². The van der Waals surface area contributed by atoms with Gasteiger partial charge in [-0.1, -0.05) is 109 Å². The van der Waals surface area contributed by atoms with Gasteiger partial charge >= 0.3 is 0 Å². The molecule has 9 aromatic carbocycles. The van der Waals surface area contributed by atoms with Crippen molar-refractivity contribution in [2.24, 2.45) is 0 Å². The summed E-state index contributed by atoms with van der Waals surface area (Å²) in [5, 5.41) is 3.29. The third-order valence-corrected chi connectivity index (χ3v) is 11.2.